The normalized spacial score (nSPS) is 19.9. The number of ether oxygens (including phenoxy) is 1. The van der Waals surface area contributed by atoms with E-state index in [1.165, 1.54) is 26.8 Å². The van der Waals surface area contributed by atoms with E-state index in [1.807, 2.05) is 24.3 Å². The van der Waals surface area contributed by atoms with E-state index < -0.39 is 17.5 Å². The molecule has 5 heteroatoms. The first-order valence-electron chi connectivity index (χ1n) is 11.1. The Morgan fingerprint density at radius 3 is 2.52 bits per heavy atom. The van der Waals surface area contributed by atoms with Crippen LogP contribution in [0.15, 0.2) is 72.1 Å². The lowest BCUT2D eigenvalue weighted by molar-refractivity contribution is -0.140. The van der Waals surface area contributed by atoms with Crippen molar-refractivity contribution in [2.24, 2.45) is 0 Å². The summed E-state index contributed by atoms with van der Waals surface area (Å²) in [5, 5.41) is 22.5. The molecule has 2 N–H and O–H groups in total. The van der Waals surface area contributed by atoms with E-state index in [0.29, 0.717) is 19.4 Å². The molecule has 5 rings (SSSR count). The smallest absolute Gasteiger partial charge is 0.304 e. The maximum Gasteiger partial charge on any atom is 0.304 e. The number of benzene rings is 3. The van der Waals surface area contributed by atoms with Crippen molar-refractivity contribution in [1.29, 1.82) is 0 Å². The molecule has 1 aromatic heterocycles. The van der Waals surface area contributed by atoms with E-state index in [-0.39, 0.29) is 6.42 Å². The van der Waals surface area contributed by atoms with Crippen LogP contribution in [0, 0.1) is 6.92 Å². The second kappa shape index (κ2) is 8.65. The summed E-state index contributed by atoms with van der Waals surface area (Å²) in [5.74, 6) is -0.0928. The zero-order valence-electron chi connectivity index (χ0n) is 18.5. The summed E-state index contributed by atoms with van der Waals surface area (Å²) in [5.41, 5.74) is 5.35. The fourth-order valence-corrected chi connectivity index (χ4v) is 5.88. The molecule has 1 aliphatic carbocycles. The van der Waals surface area contributed by atoms with Gasteiger partial charge in [-0.1, -0.05) is 42.5 Å². The maximum absolute atomic E-state index is 11.3. The summed E-state index contributed by atoms with van der Waals surface area (Å²) in [6.45, 7) is 2.59. The highest BCUT2D eigenvalue weighted by atomic mass is 32.1. The minimum Gasteiger partial charge on any atom is -0.489 e. The number of carboxylic acid groups (broad SMARTS) is 1. The number of aliphatic hydroxyl groups is 1. The third kappa shape index (κ3) is 4.26. The van der Waals surface area contributed by atoms with Gasteiger partial charge in [0.05, 0.1) is 12.5 Å². The van der Waals surface area contributed by atoms with E-state index >= 15 is 0 Å². The number of fused-ring (bicyclic) bond motifs is 1. The van der Waals surface area contributed by atoms with Crippen molar-refractivity contribution in [3.63, 3.8) is 0 Å². The van der Waals surface area contributed by atoms with Gasteiger partial charge in [0.15, 0.2) is 0 Å². The number of aliphatic carboxylic acids is 1. The van der Waals surface area contributed by atoms with Crippen molar-refractivity contribution >= 4 is 27.4 Å². The average Bonchev–Trinajstić information content (AvgIpc) is 3.20. The van der Waals surface area contributed by atoms with Crippen molar-refractivity contribution in [2.45, 2.75) is 44.3 Å². The van der Waals surface area contributed by atoms with Crippen molar-refractivity contribution in [1.82, 2.24) is 0 Å². The summed E-state index contributed by atoms with van der Waals surface area (Å²) < 4.78 is 7.30. The molecule has 0 aliphatic heterocycles. The van der Waals surface area contributed by atoms with Gasteiger partial charge >= 0.3 is 5.97 Å². The fraction of sp³-hybridized carbons (Fsp3) is 0.250. The molecule has 0 spiro atoms. The number of rotatable bonds is 7. The molecule has 0 radical (unpaired) electrons. The molecular formula is C28H26O4S. The highest BCUT2D eigenvalue weighted by molar-refractivity contribution is 7.17. The maximum atomic E-state index is 11.3. The standard InChI is InChI=1S/C28H26O4S/c1-18-4-2-3-5-23(18)25-17-33-26-11-6-19(12-24(25)26)16-32-22-9-7-20(8-10-22)28(15-27(30)31)13-21(29)14-28/h2-12,17,21,29H,13-16H2,1H3,(H,30,31). The van der Waals surface area contributed by atoms with E-state index in [4.69, 9.17) is 4.74 Å². The van der Waals surface area contributed by atoms with Gasteiger partial charge in [-0.2, -0.15) is 0 Å². The Morgan fingerprint density at radius 2 is 1.82 bits per heavy atom. The van der Waals surface area contributed by atoms with Gasteiger partial charge in [0.25, 0.3) is 0 Å². The molecule has 4 aromatic rings. The molecule has 1 fully saturated rings. The van der Waals surface area contributed by atoms with Crippen molar-refractivity contribution in [3.8, 4) is 16.9 Å². The third-order valence-corrected chi connectivity index (χ3v) is 7.65. The Bertz CT molecular complexity index is 1300. The highest BCUT2D eigenvalue weighted by Crippen LogP contribution is 2.47. The lowest BCUT2D eigenvalue weighted by atomic mass is 9.61. The van der Waals surface area contributed by atoms with Crippen molar-refractivity contribution in [3.05, 3.63) is 88.8 Å². The van der Waals surface area contributed by atoms with Crippen LogP contribution in [0.5, 0.6) is 5.75 Å². The first-order valence-corrected chi connectivity index (χ1v) is 12.0. The van der Waals surface area contributed by atoms with Crippen LogP contribution in [-0.2, 0) is 16.8 Å². The van der Waals surface area contributed by atoms with Gasteiger partial charge in [0.1, 0.15) is 12.4 Å². The largest absolute Gasteiger partial charge is 0.489 e. The quantitative estimate of drug-likeness (QED) is 0.340. The summed E-state index contributed by atoms with van der Waals surface area (Å²) in [7, 11) is 0. The van der Waals surface area contributed by atoms with Gasteiger partial charge in [0, 0.05) is 21.1 Å². The first-order chi connectivity index (χ1) is 15.9. The predicted octanol–water partition coefficient (Wildman–Crippen LogP) is 6.32. The van der Waals surface area contributed by atoms with Crippen LogP contribution in [0.1, 0.15) is 36.0 Å². The number of carboxylic acids is 1. The lowest BCUT2D eigenvalue weighted by Gasteiger charge is -2.45. The summed E-state index contributed by atoms with van der Waals surface area (Å²) >= 11 is 1.76. The number of aliphatic hydroxyl groups excluding tert-OH is 1. The van der Waals surface area contributed by atoms with Crippen LogP contribution >= 0.6 is 11.3 Å². The number of hydrogen-bond donors (Lipinski definition) is 2. The Balaban J connectivity index is 1.32. The van der Waals surface area contributed by atoms with Gasteiger partial charge in [-0.15, -0.1) is 11.3 Å². The SMILES string of the molecule is Cc1ccccc1-c1csc2ccc(COc3ccc(C4(CC(=O)O)CC(O)C4)cc3)cc12. The van der Waals surface area contributed by atoms with E-state index in [1.54, 1.807) is 11.3 Å². The minimum absolute atomic E-state index is 0.0359. The van der Waals surface area contributed by atoms with Crippen LogP contribution in [-0.4, -0.2) is 22.3 Å². The Hall–Kier alpha value is -3.15. The summed E-state index contributed by atoms with van der Waals surface area (Å²) in [4.78, 5) is 11.3. The Labute approximate surface area is 197 Å². The average molecular weight is 459 g/mol. The number of carbonyl (C=O) groups is 1. The van der Waals surface area contributed by atoms with Gasteiger partial charge in [0.2, 0.25) is 0 Å². The molecule has 0 bridgehead atoms. The van der Waals surface area contributed by atoms with Gasteiger partial charge in [-0.05, 0) is 71.7 Å². The van der Waals surface area contributed by atoms with E-state index in [2.05, 4.69) is 54.8 Å². The summed E-state index contributed by atoms with van der Waals surface area (Å²) in [6.07, 6.45) is 0.595. The molecule has 1 aliphatic rings. The van der Waals surface area contributed by atoms with Gasteiger partial charge in [-0.3, -0.25) is 4.79 Å². The predicted molar refractivity (Wildman–Crippen MR) is 132 cm³/mol. The second-order valence-corrected chi connectivity index (χ2v) is 9.93. The van der Waals surface area contributed by atoms with Gasteiger partial charge in [-0.25, -0.2) is 0 Å². The van der Waals surface area contributed by atoms with Crippen LogP contribution < -0.4 is 4.74 Å². The zero-order valence-corrected chi connectivity index (χ0v) is 19.3. The Kier molecular flexibility index (Phi) is 5.69. The van der Waals surface area contributed by atoms with Crippen molar-refractivity contribution in [2.75, 3.05) is 0 Å². The monoisotopic (exact) mass is 458 g/mol. The van der Waals surface area contributed by atoms with Gasteiger partial charge < -0.3 is 14.9 Å². The molecule has 0 saturated heterocycles. The molecule has 0 unspecified atom stereocenters. The third-order valence-electron chi connectivity index (χ3n) is 6.69. The molecule has 0 amide bonds. The number of hydrogen-bond acceptors (Lipinski definition) is 4. The second-order valence-electron chi connectivity index (χ2n) is 9.02. The molecule has 168 valence electrons. The highest BCUT2D eigenvalue weighted by Gasteiger charge is 2.46. The molecular weight excluding hydrogens is 432 g/mol. The van der Waals surface area contributed by atoms with Crippen LogP contribution in [0.2, 0.25) is 0 Å². The molecule has 4 nitrogen and oxygen atoms in total. The zero-order chi connectivity index (χ0) is 23.0. The minimum atomic E-state index is -0.837. The number of thiophene rings is 1. The Morgan fingerprint density at radius 1 is 1.06 bits per heavy atom. The van der Waals surface area contributed by atoms with E-state index in [0.717, 1.165) is 16.9 Å². The van der Waals surface area contributed by atoms with Crippen LogP contribution in [0.3, 0.4) is 0 Å². The molecule has 3 aromatic carbocycles. The van der Waals surface area contributed by atoms with Crippen molar-refractivity contribution < 1.29 is 19.7 Å². The topological polar surface area (TPSA) is 66.8 Å². The molecule has 1 saturated carbocycles. The first kappa shape index (κ1) is 21.7. The molecule has 33 heavy (non-hydrogen) atoms. The molecule has 1 heterocycles. The lowest BCUT2D eigenvalue weighted by Crippen LogP contribution is -2.46. The summed E-state index contributed by atoms with van der Waals surface area (Å²) in [6, 6.07) is 22.6. The molecule has 0 atom stereocenters. The van der Waals surface area contributed by atoms with Crippen LogP contribution in [0.25, 0.3) is 21.2 Å². The fourth-order valence-electron chi connectivity index (χ4n) is 4.93. The van der Waals surface area contributed by atoms with E-state index in [9.17, 15) is 15.0 Å². The number of aryl methyl sites for hydroxylation is 1. The van der Waals surface area contributed by atoms with Crippen LogP contribution in [0.4, 0.5) is 0 Å².